The van der Waals surface area contributed by atoms with Crippen LogP contribution < -0.4 is 11.1 Å². The van der Waals surface area contributed by atoms with Crippen LogP contribution in [0.15, 0.2) is 6.33 Å². The molecule has 2 aromatic heterocycles. The predicted octanol–water partition coefficient (Wildman–Crippen LogP) is -1.16. The van der Waals surface area contributed by atoms with Gasteiger partial charge in [0.1, 0.15) is 24.6 Å². The maximum atomic E-state index is 10.3. The Kier molecular flexibility index (Phi) is 4.06. The molecule has 3 heterocycles. The summed E-state index contributed by atoms with van der Waals surface area (Å²) in [5, 5.41) is 32.6. The van der Waals surface area contributed by atoms with Gasteiger partial charge in [-0.3, -0.25) is 4.57 Å². The smallest absolute Gasteiger partial charge is 0.207 e. The van der Waals surface area contributed by atoms with Crippen molar-refractivity contribution >= 4 is 22.9 Å². The molecule has 0 radical (unpaired) electrons. The molecule has 126 valence electrons. The number of ether oxygens (including phenoxy) is 1. The van der Waals surface area contributed by atoms with Crippen LogP contribution in [0.4, 0.5) is 11.8 Å². The molecule has 0 aromatic carbocycles. The maximum absolute atomic E-state index is 10.3. The lowest BCUT2D eigenvalue weighted by atomic mass is 10.1. The normalized spacial score (nSPS) is 27.9. The van der Waals surface area contributed by atoms with Crippen LogP contribution in [0.5, 0.6) is 0 Å². The number of rotatable bonds is 4. The van der Waals surface area contributed by atoms with Gasteiger partial charge in [-0.2, -0.15) is 0 Å². The number of aliphatic hydroxyl groups excluding tert-OH is 3. The van der Waals surface area contributed by atoms with Crippen LogP contribution >= 0.6 is 0 Å². The first-order chi connectivity index (χ1) is 10.9. The number of hydrogen-bond donors (Lipinski definition) is 5. The number of fused-ring (bicyclic) bond motifs is 1. The fraction of sp³-hybridized carbons (Fsp3) is 0.615. The highest BCUT2D eigenvalue weighted by Gasteiger charge is 2.45. The molecular formula is C13H20N6O4. The van der Waals surface area contributed by atoms with Gasteiger partial charge in [-0.1, -0.05) is 0 Å². The van der Waals surface area contributed by atoms with Crippen molar-refractivity contribution in [2.75, 3.05) is 17.7 Å². The molecule has 0 bridgehead atoms. The van der Waals surface area contributed by atoms with E-state index in [2.05, 4.69) is 20.3 Å². The van der Waals surface area contributed by atoms with Crippen molar-refractivity contribution in [3.05, 3.63) is 6.33 Å². The van der Waals surface area contributed by atoms with Gasteiger partial charge in [0.15, 0.2) is 23.2 Å². The zero-order valence-electron chi connectivity index (χ0n) is 12.8. The molecule has 0 spiro atoms. The molecule has 1 fully saturated rings. The number of imidazole rings is 1. The summed E-state index contributed by atoms with van der Waals surface area (Å²) in [5.74, 6) is 0.587. The van der Waals surface area contributed by atoms with E-state index in [1.807, 2.05) is 13.8 Å². The van der Waals surface area contributed by atoms with E-state index in [9.17, 15) is 15.3 Å². The van der Waals surface area contributed by atoms with E-state index in [-0.39, 0.29) is 11.9 Å². The van der Waals surface area contributed by atoms with E-state index in [1.165, 1.54) is 10.9 Å². The summed E-state index contributed by atoms with van der Waals surface area (Å²) in [6.07, 6.45) is -3.01. The Morgan fingerprint density at radius 3 is 2.70 bits per heavy atom. The third-order valence-corrected chi connectivity index (χ3v) is 3.69. The largest absolute Gasteiger partial charge is 0.394 e. The number of aromatic nitrogens is 4. The monoisotopic (exact) mass is 324 g/mol. The average Bonchev–Trinajstić information content (AvgIpc) is 2.98. The summed E-state index contributed by atoms with van der Waals surface area (Å²) >= 11 is 0. The van der Waals surface area contributed by atoms with Gasteiger partial charge in [0, 0.05) is 6.04 Å². The number of hydrogen-bond acceptors (Lipinski definition) is 9. The molecule has 0 aliphatic carbocycles. The van der Waals surface area contributed by atoms with Crippen molar-refractivity contribution in [2.24, 2.45) is 0 Å². The van der Waals surface area contributed by atoms with Crippen molar-refractivity contribution in [1.82, 2.24) is 19.5 Å². The number of anilines is 2. The van der Waals surface area contributed by atoms with Gasteiger partial charge >= 0.3 is 0 Å². The molecule has 4 atom stereocenters. The molecule has 23 heavy (non-hydrogen) atoms. The first-order valence-corrected chi connectivity index (χ1v) is 7.31. The van der Waals surface area contributed by atoms with Crippen LogP contribution in [0, 0.1) is 0 Å². The van der Waals surface area contributed by atoms with Gasteiger partial charge in [-0.25, -0.2) is 15.0 Å². The molecule has 6 N–H and O–H groups in total. The first-order valence-electron chi connectivity index (χ1n) is 7.31. The van der Waals surface area contributed by atoms with Crippen molar-refractivity contribution < 1.29 is 20.1 Å². The maximum Gasteiger partial charge on any atom is 0.207 e. The molecule has 3 rings (SSSR count). The molecule has 0 saturated carbocycles. The van der Waals surface area contributed by atoms with Crippen LogP contribution in [0.1, 0.15) is 20.1 Å². The quantitative estimate of drug-likeness (QED) is 0.469. The van der Waals surface area contributed by atoms with Crippen LogP contribution in [0.3, 0.4) is 0 Å². The van der Waals surface area contributed by atoms with Crippen LogP contribution in [-0.4, -0.2) is 65.8 Å². The summed E-state index contributed by atoms with van der Waals surface area (Å²) < 4.78 is 7.11. The van der Waals surface area contributed by atoms with Gasteiger partial charge in [0.05, 0.1) is 6.61 Å². The molecule has 1 saturated heterocycles. The highest BCUT2D eigenvalue weighted by atomic mass is 16.6. The Morgan fingerprint density at radius 1 is 1.35 bits per heavy atom. The molecule has 1 aliphatic rings. The van der Waals surface area contributed by atoms with Crippen molar-refractivity contribution in [3.8, 4) is 0 Å². The van der Waals surface area contributed by atoms with Crippen molar-refractivity contribution in [1.29, 1.82) is 0 Å². The summed E-state index contributed by atoms with van der Waals surface area (Å²) in [4.78, 5) is 12.4. The van der Waals surface area contributed by atoms with E-state index >= 15 is 0 Å². The number of nitrogens with two attached hydrogens (primary N) is 1. The Hall–Kier alpha value is -2.01. The van der Waals surface area contributed by atoms with Crippen LogP contribution in [-0.2, 0) is 4.74 Å². The number of aliphatic hydroxyl groups is 3. The average molecular weight is 324 g/mol. The van der Waals surface area contributed by atoms with Gasteiger partial charge in [0.25, 0.3) is 0 Å². The highest BCUT2D eigenvalue weighted by molar-refractivity contribution is 5.84. The number of nitrogen functional groups attached to an aromatic ring is 1. The lowest BCUT2D eigenvalue weighted by molar-refractivity contribution is -0.0501. The standard InChI is InChI=1S/C13H20N6O4/c1-5(2)17-13-18-7-10(14)15-4-16-11(7)19(13)12-9(22)8(21)6(3-20)23-12/h4-6,8-9,12,20-22H,3H2,1-2H3,(H,17,18)(H2,14,15,16)/t6-,8-,9-,12-/m1/s1. The van der Waals surface area contributed by atoms with E-state index in [0.717, 1.165) is 0 Å². The Labute approximate surface area is 131 Å². The molecule has 10 nitrogen and oxygen atoms in total. The molecular weight excluding hydrogens is 304 g/mol. The molecule has 0 amide bonds. The Bertz CT molecular complexity index is 705. The molecule has 1 aliphatic heterocycles. The third-order valence-electron chi connectivity index (χ3n) is 3.69. The first kappa shape index (κ1) is 15.9. The van der Waals surface area contributed by atoms with Crippen LogP contribution in [0.25, 0.3) is 11.2 Å². The molecule has 0 unspecified atom stereocenters. The van der Waals surface area contributed by atoms with Gasteiger partial charge in [-0.05, 0) is 13.8 Å². The minimum atomic E-state index is -1.24. The summed E-state index contributed by atoms with van der Waals surface area (Å²) in [6.45, 7) is 3.44. The fourth-order valence-corrected chi connectivity index (χ4v) is 2.62. The SMILES string of the molecule is CC(C)Nc1nc2c(N)ncnc2n1[C@@H]1O[C@H](CO)[C@@H](O)[C@H]1O. The van der Waals surface area contributed by atoms with E-state index < -0.39 is 31.1 Å². The third kappa shape index (κ3) is 2.59. The predicted molar refractivity (Wildman–Crippen MR) is 81.5 cm³/mol. The van der Waals surface area contributed by atoms with E-state index in [0.29, 0.717) is 17.1 Å². The second kappa shape index (κ2) is 5.89. The highest BCUT2D eigenvalue weighted by Crippen LogP contribution is 2.35. The topological polar surface area (TPSA) is 152 Å². The van der Waals surface area contributed by atoms with Gasteiger partial charge in [-0.15, -0.1) is 0 Å². The number of nitrogens with zero attached hydrogens (tertiary/aromatic N) is 4. The number of nitrogens with one attached hydrogen (secondary N) is 1. The lowest BCUT2D eigenvalue weighted by Gasteiger charge is -2.20. The molecule has 10 heteroatoms. The second-order valence-electron chi connectivity index (χ2n) is 5.76. The summed E-state index contributed by atoms with van der Waals surface area (Å²) in [5.41, 5.74) is 6.58. The lowest BCUT2D eigenvalue weighted by Crippen LogP contribution is -2.33. The fourth-order valence-electron chi connectivity index (χ4n) is 2.62. The Morgan fingerprint density at radius 2 is 2.09 bits per heavy atom. The van der Waals surface area contributed by atoms with Gasteiger partial charge < -0.3 is 31.1 Å². The minimum Gasteiger partial charge on any atom is -0.394 e. The van der Waals surface area contributed by atoms with Gasteiger partial charge in [0.2, 0.25) is 5.95 Å². The summed E-state index contributed by atoms with van der Waals surface area (Å²) in [6, 6.07) is 0.0526. The van der Waals surface area contributed by atoms with E-state index in [4.69, 9.17) is 10.5 Å². The van der Waals surface area contributed by atoms with Crippen LogP contribution in [0.2, 0.25) is 0 Å². The van der Waals surface area contributed by atoms with Crippen molar-refractivity contribution in [3.63, 3.8) is 0 Å². The zero-order valence-corrected chi connectivity index (χ0v) is 12.8. The molecule has 2 aromatic rings. The Balaban J connectivity index is 2.13. The second-order valence-corrected chi connectivity index (χ2v) is 5.76. The summed E-state index contributed by atoms with van der Waals surface area (Å²) in [7, 11) is 0. The van der Waals surface area contributed by atoms with Crippen molar-refractivity contribution in [2.45, 2.75) is 44.4 Å². The zero-order chi connectivity index (χ0) is 16.7. The minimum absolute atomic E-state index is 0.0526. The van der Waals surface area contributed by atoms with E-state index in [1.54, 1.807) is 0 Å².